The molecule has 0 aromatic heterocycles. The second-order valence-corrected chi connectivity index (χ2v) is 10.9. The summed E-state index contributed by atoms with van der Waals surface area (Å²) in [7, 11) is 0. The third-order valence-electron chi connectivity index (χ3n) is 7.23. The highest BCUT2D eigenvalue weighted by molar-refractivity contribution is 4.82. The number of hydrogen-bond donors (Lipinski definition) is 1. The van der Waals surface area contributed by atoms with Crippen LogP contribution in [0.15, 0.2) is 24.3 Å². The van der Waals surface area contributed by atoms with Crippen LogP contribution < -0.4 is 5.32 Å². The third-order valence-corrected chi connectivity index (χ3v) is 7.23. The minimum absolute atomic E-state index is 1.22. The van der Waals surface area contributed by atoms with Crippen molar-refractivity contribution in [2.75, 3.05) is 13.1 Å². The van der Waals surface area contributed by atoms with Gasteiger partial charge in [-0.05, 0) is 77.3 Å². The van der Waals surface area contributed by atoms with Gasteiger partial charge in [-0.3, -0.25) is 0 Å². The SMILES string of the molecule is CCCCCCCC/C=C/CCCCCCCNCCCCCCC/C=C/CCCCCCCC. The van der Waals surface area contributed by atoms with Crippen molar-refractivity contribution in [2.24, 2.45) is 0 Å². The van der Waals surface area contributed by atoms with Crippen LogP contribution in [0.1, 0.15) is 181 Å². The molecule has 35 heavy (non-hydrogen) atoms. The number of nitrogens with one attached hydrogen (secondary N) is 1. The zero-order valence-corrected chi connectivity index (χ0v) is 24.6. The van der Waals surface area contributed by atoms with Gasteiger partial charge in [-0.15, -0.1) is 0 Å². The van der Waals surface area contributed by atoms with E-state index in [4.69, 9.17) is 0 Å². The number of rotatable bonds is 30. The van der Waals surface area contributed by atoms with Gasteiger partial charge in [0.15, 0.2) is 0 Å². The van der Waals surface area contributed by atoms with Gasteiger partial charge < -0.3 is 5.32 Å². The molecule has 0 aliphatic carbocycles. The van der Waals surface area contributed by atoms with Gasteiger partial charge in [-0.25, -0.2) is 0 Å². The standard InChI is InChI=1S/C34H67N/c1-3-5-7-9-11-13-15-17-19-21-23-25-27-29-31-33-35-34-32-30-28-26-24-22-20-18-16-14-12-10-8-6-4-2/h17-20,35H,3-16,21-34H2,1-2H3/b19-17+,20-18+. The molecule has 0 amide bonds. The molecule has 0 aliphatic heterocycles. The van der Waals surface area contributed by atoms with Crippen LogP contribution in [-0.4, -0.2) is 13.1 Å². The largest absolute Gasteiger partial charge is 0.317 e. The van der Waals surface area contributed by atoms with E-state index in [0.717, 1.165) is 0 Å². The molecule has 1 heteroatoms. The van der Waals surface area contributed by atoms with Crippen LogP contribution in [0.2, 0.25) is 0 Å². The summed E-state index contributed by atoms with van der Waals surface area (Å²) in [5, 5.41) is 3.66. The van der Waals surface area contributed by atoms with Crippen molar-refractivity contribution >= 4 is 0 Å². The van der Waals surface area contributed by atoms with E-state index < -0.39 is 0 Å². The van der Waals surface area contributed by atoms with Crippen molar-refractivity contribution in [1.29, 1.82) is 0 Å². The summed E-state index contributed by atoms with van der Waals surface area (Å²) in [5.74, 6) is 0. The fourth-order valence-electron chi connectivity index (χ4n) is 4.77. The van der Waals surface area contributed by atoms with Crippen molar-refractivity contribution in [3.8, 4) is 0 Å². The molecule has 0 saturated heterocycles. The summed E-state index contributed by atoms with van der Waals surface area (Å²) in [5.41, 5.74) is 0. The predicted octanol–water partition coefficient (Wildman–Crippen LogP) is 11.9. The van der Waals surface area contributed by atoms with Crippen molar-refractivity contribution in [1.82, 2.24) is 5.32 Å². The molecule has 0 fully saturated rings. The van der Waals surface area contributed by atoms with Crippen LogP contribution in [-0.2, 0) is 0 Å². The molecule has 0 atom stereocenters. The smallest absolute Gasteiger partial charge is 0.00489 e. The molecule has 1 N–H and O–H groups in total. The van der Waals surface area contributed by atoms with Crippen molar-refractivity contribution in [2.45, 2.75) is 181 Å². The lowest BCUT2D eigenvalue weighted by atomic mass is 10.1. The maximum atomic E-state index is 3.66. The van der Waals surface area contributed by atoms with Gasteiger partial charge in [0.2, 0.25) is 0 Å². The average Bonchev–Trinajstić information content (AvgIpc) is 2.87. The monoisotopic (exact) mass is 490 g/mol. The van der Waals surface area contributed by atoms with Crippen LogP contribution in [0.25, 0.3) is 0 Å². The molecule has 0 rings (SSSR count). The zero-order valence-electron chi connectivity index (χ0n) is 24.6. The third kappa shape index (κ3) is 33.4. The Morgan fingerprint density at radius 2 is 0.571 bits per heavy atom. The fraction of sp³-hybridized carbons (Fsp3) is 0.882. The molecule has 0 spiro atoms. The molecule has 1 nitrogen and oxygen atoms in total. The molecule has 0 unspecified atom stereocenters. The maximum Gasteiger partial charge on any atom is -0.00489 e. The maximum absolute atomic E-state index is 3.66. The second-order valence-electron chi connectivity index (χ2n) is 10.9. The number of unbranched alkanes of at least 4 members (excludes halogenated alkanes) is 22. The average molecular weight is 490 g/mol. The molecular weight excluding hydrogens is 422 g/mol. The van der Waals surface area contributed by atoms with E-state index in [1.165, 1.54) is 180 Å². The lowest BCUT2D eigenvalue weighted by Crippen LogP contribution is -2.16. The quantitative estimate of drug-likeness (QED) is 0.0781. The molecule has 0 aliphatic rings. The molecular formula is C34H67N. The van der Waals surface area contributed by atoms with Crippen LogP contribution >= 0.6 is 0 Å². The van der Waals surface area contributed by atoms with E-state index >= 15 is 0 Å². The molecule has 0 heterocycles. The Hall–Kier alpha value is -0.560. The summed E-state index contributed by atoms with van der Waals surface area (Å²) in [6, 6.07) is 0. The minimum atomic E-state index is 1.22. The van der Waals surface area contributed by atoms with E-state index in [-0.39, 0.29) is 0 Å². The number of hydrogen-bond acceptors (Lipinski definition) is 1. The highest BCUT2D eigenvalue weighted by Gasteiger charge is 1.94. The van der Waals surface area contributed by atoms with Crippen LogP contribution in [0.5, 0.6) is 0 Å². The highest BCUT2D eigenvalue weighted by atomic mass is 14.8. The summed E-state index contributed by atoms with van der Waals surface area (Å²) < 4.78 is 0. The summed E-state index contributed by atoms with van der Waals surface area (Å²) >= 11 is 0. The molecule has 0 aromatic rings. The first-order chi connectivity index (χ1) is 17.4. The first-order valence-corrected chi connectivity index (χ1v) is 16.4. The van der Waals surface area contributed by atoms with Gasteiger partial charge in [0.25, 0.3) is 0 Å². The lowest BCUT2D eigenvalue weighted by Gasteiger charge is -2.05. The van der Waals surface area contributed by atoms with Gasteiger partial charge in [0.05, 0.1) is 0 Å². The Kier molecular flexibility index (Phi) is 32.9. The molecule has 0 radical (unpaired) electrons. The van der Waals surface area contributed by atoms with Gasteiger partial charge in [-0.1, -0.05) is 141 Å². The van der Waals surface area contributed by atoms with Crippen molar-refractivity contribution in [3.05, 3.63) is 24.3 Å². The molecule has 208 valence electrons. The highest BCUT2D eigenvalue weighted by Crippen LogP contribution is 2.10. The summed E-state index contributed by atoms with van der Waals surface area (Å²) in [4.78, 5) is 0. The Balaban J connectivity index is 3.10. The molecule has 0 aromatic carbocycles. The van der Waals surface area contributed by atoms with Crippen LogP contribution in [0.3, 0.4) is 0 Å². The molecule has 0 bridgehead atoms. The normalized spacial score (nSPS) is 11.9. The van der Waals surface area contributed by atoms with E-state index in [0.29, 0.717) is 0 Å². The van der Waals surface area contributed by atoms with Gasteiger partial charge in [-0.2, -0.15) is 0 Å². The van der Waals surface area contributed by atoms with Crippen LogP contribution in [0.4, 0.5) is 0 Å². The Morgan fingerprint density at radius 3 is 0.886 bits per heavy atom. The van der Waals surface area contributed by atoms with Gasteiger partial charge >= 0.3 is 0 Å². The van der Waals surface area contributed by atoms with Crippen LogP contribution in [0, 0.1) is 0 Å². The zero-order chi connectivity index (χ0) is 25.3. The topological polar surface area (TPSA) is 12.0 Å². The minimum Gasteiger partial charge on any atom is -0.317 e. The van der Waals surface area contributed by atoms with E-state index in [9.17, 15) is 0 Å². The number of allylic oxidation sites excluding steroid dienone is 4. The summed E-state index contributed by atoms with van der Waals surface area (Å²) in [6.07, 6.45) is 45.8. The van der Waals surface area contributed by atoms with E-state index in [2.05, 4.69) is 43.5 Å². The van der Waals surface area contributed by atoms with E-state index in [1.54, 1.807) is 0 Å². The Bertz CT molecular complexity index is 373. The van der Waals surface area contributed by atoms with Crippen molar-refractivity contribution < 1.29 is 0 Å². The van der Waals surface area contributed by atoms with Gasteiger partial charge in [0.1, 0.15) is 0 Å². The first-order valence-electron chi connectivity index (χ1n) is 16.4. The Labute approximate surface area is 223 Å². The first kappa shape index (κ1) is 34.4. The van der Waals surface area contributed by atoms with Gasteiger partial charge in [0, 0.05) is 0 Å². The Morgan fingerprint density at radius 1 is 0.314 bits per heavy atom. The van der Waals surface area contributed by atoms with Crippen molar-refractivity contribution in [3.63, 3.8) is 0 Å². The lowest BCUT2D eigenvalue weighted by molar-refractivity contribution is 0.547. The fourth-order valence-corrected chi connectivity index (χ4v) is 4.77. The summed E-state index contributed by atoms with van der Waals surface area (Å²) in [6.45, 7) is 7.03. The molecule has 0 saturated carbocycles. The predicted molar refractivity (Wildman–Crippen MR) is 163 cm³/mol. The second kappa shape index (κ2) is 33.4. The van der Waals surface area contributed by atoms with E-state index in [1.807, 2.05) is 0 Å².